The van der Waals surface area contributed by atoms with Gasteiger partial charge in [0.15, 0.2) is 5.78 Å². The smallest absolute Gasteiger partial charge is 0.226 e. The topological polar surface area (TPSA) is 134 Å². The van der Waals surface area contributed by atoms with E-state index in [1.54, 1.807) is 40.1 Å². The van der Waals surface area contributed by atoms with E-state index in [4.69, 9.17) is 9.47 Å². The fourth-order valence-electron chi connectivity index (χ4n) is 8.58. The van der Waals surface area contributed by atoms with Crippen LogP contribution in [0.2, 0.25) is 0 Å². The number of amides is 3. The molecule has 312 valence electrons. The number of rotatable bonds is 23. The number of likely N-dealkylation sites (tertiary alicyclic amines) is 1. The molecule has 10 atom stereocenters. The van der Waals surface area contributed by atoms with Gasteiger partial charge in [-0.05, 0) is 42.1 Å². The molecule has 1 aliphatic rings. The minimum Gasteiger partial charge on any atom is -0.388 e. The maximum absolute atomic E-state index is 14.4. The van der Waals surface area contributed by atoms with E-state index >= 15 is 0 Å². The lowest BCUT2D eigenvalue weighted by Crippen LogP contribution is -2.54. The number of ketones is 2. The Morgan fingerprint density at radius 1 is 0.818 bits per heavy atom. The second-order valence-corrected chi connectivity index (χ2v) is 16.7. The third kappa shape index (κ3) is 12.4. The molecule has 1 heterocycles. The molecule has 0 aromatic heterocycles. The number of hydrogen-bond donors (Lipinski definition) is 1. The molecule has 11 heteroatoms. The van der Waals surface area contributed by atoms with Crippen molar-refractivity contribution in [2.24, 2.45) is 35.5 Å². The van der Waals surface area contributed by atoms with Crippen LogP contribution in [0.1, 0.15) is 119 Å². The molecule has 0 bridgehead atoms. The quantitative estimate of drug-likeness (QED) is 0.136. The Hall–Kier alpha value is -3.15. The molecule has 0 aliphatic carbocycles. The van der Waals surface area contributed by atoms with Crippen LogP contribution in [0, 0.1) is 35.5 Å². The number of nitrogens with zero attached hydrogens (tertiary/aromatic N) is 3. The van der Waals surface area contributed by atoms with E-state index < -0.39 is 42.2 Å². The molecule has 11 nitrogen and oxygen atoms in total. The number of carbonyl (C=O) groups is 5. The Bertz CT molecular complexity index is 1390. The summed E-state index contributed by atoms with van der Waals surface area (Å²) in [6, 6.07) is 7.93. The number of likely N-dealkylation sites (N-methyl/N-ethyl adjacent to an activating group) is 2. The molecule has 1 aliphatic heterocycles. The molecule has 1 N–H and O–H groups in total. The Balaban J connectivity index is 2.28. The minimum atomic E-state index is -0.774. The molecule has 1 fully saturated rings. The summed E-state index contributed by atoms with van der Waals surface area (Å²) in [5, 5.41) is 10.9. The van der Waals surface area contributed by atoms with Crippen molar-refractivity contribution in [1.29, 1.82) is 0 Å². The maximum Gasteiger partial charge on any atom is 0.226 e. The highest BCUT2D eigenvalue weighted by Gasteiger charge is 2.43. The number of benzene rings is 1. The van der Waals surface area contributed by atoms with Crippen molar-refractivity contribution in [2.45, 2.75) is 144 Å². The lowest BCUT2D eigenvalue weighted by Gasteiger charge is -2.41. The highest BCUT2D eigenvalue weighted by Crippen LogP contribution is 2.33. The van der Waals surface area contributed by atoms with Gasteiger partial charge in [0.2, 0.25) is 17.7 Å². The van der Waals surface area contributed by atoms with Gasteiger partial charge in [0, 0.05) is 66.0 Å². The van der Waals surface area contributed by atoms with Crippen molar-refractivity contribution in [3.63, 3.8) is 0 Å². The van der Waals surface area contributed by atoms with E-state index in [1.165, 1.54) is 4.90 Å². The van der Waals surface area contributed by atoms with Crippen LogP contribution in [0.3, 0.4) is 0 Å². The summed E-state index contributed by atoms with van der Waals surface area (Å²) in [6.07, 6.45) is 0.763. The number of carbonyl (C=O) groups excluding carboxylic acids is 5. The predicted octanol–water partition coefficient (Wildman–Crippen LogP) is 6.36. The first-order valence-electron chi connectivity index (χ1n) is 20.5. The summed E-state index contributed by atoms with van der Waals surface area (Å²) in [4.78, 5) is 73.6. The van der Waals surface area contributed by atoms with Crippen LogP contribution in [0.15, 0.2) is 30.3 Å². The van der Waals surface area contributed by atoms with E-state index in [2.05, 4.69) is 0 Å². The van der Waals surface area contributed by atoms with Gasteiger partial charge in [0.25, 0.3) is 0 Å². The number of methoxy groups -OCH3 is 2. The van der Waals surface area contributed by atoms with Crippen molar-refractivity contribution in [1.82, 2.24) is 14.7 Å². The third-order valence-electron chi connectivity index (χ3n) is 12.2. The second-order valence-electron chi connectivity index (χ2n) is 16.7. The number of hydrogen-bond acceptors (Lipinski definition) is 8. The van der Waals surface area contributed by atoms with Crippen LogP contribution in [-0.2, 0) is 33.4 Å². The number of aliphatic hydroxyl groups is 1. The molecule has 0 spiro atoms. The highest BCUT2D eigenvalue weighted by atomic mass is 16.5. The van der Waals surface area contributed by atoms with Gasteiger partial charge in [0.1, 0.15) is 5.78 Å². The van der Waals surface area contributed by atoms with Crippen molar-refractivity contribution in [2.75, 3.05) is 34.9 Å². The summed E-state index contributed by atoms with van der Waals surface area (Å²) in [6.45, 7) is 17.8. The molecule has 1 aromatic carbocycles. The first-order chi connectivity index (χ1) is 25.9. The lowest BCUT2D eigenvalue weighted by atomic mass is 9.83. The lowest BCUT2D eigenvalue weighted by molar-refractivity contribution is -0.149. The molecule has 55 heavy (non-hydrogen) atoms. The Kier molecular flexibility index (Phi) is 19.7. The summed E-state index contributed by atoms with van der Waals surface area (Å²) >= 11 is 0. The Morgan fingerprint density at radius 3 is 1.95 bits per heavy atom. The summed E-state index contributed by atoms with van der Waals surface area (Å²) < 4.78 is 12.0. The number of aliphatic hydroxyl groups excluding tert-OH is 1. The van der Waals surface area contributed by atoms with Gasteiger partial charge in [-0.1, -0.05) is 99.1 Å². The van der Waals surface area contributed by atoms with Gasteiger partial charge >= 0.3 is 0 Å². The van der Waals surface area contributed by atoms with E-state index in [-0.39, 0.29) is 84.7 Å². The molecule has 2 rings (SSSR count). The van der Waals surface area contributed by atoms with Crippen LogP contribution < -0.4 is 0 Å². The van der Waals surface area contributed by atoms with E-state index in [1.807, 2.05) is 90.6 Å². The molecule has 1 saturated heterocycles. The predicted molar refractivity (Wildman–Crippen MR) is 216 cm³/mol. The van der Waals surface area contributed by atoms with Crippen LogP contribution >= 0.6 is 0 Å². The molecule has 1 unspecified atom stereocenters. The Morgan fingerprint density at radius 2 is 1.44 bits per heavy atom. The molecule has 0 saturated carbocycles. The van der Waals surface area contributed by atoms with E-state index in [9.17, 15) is 29.1 Å². The van der Waals surface area contributed by atoms with Gasteiger partial charge < -0.3 is 29.3 Å². The van der Waals surface area contributed by atoms with Crippen LogP contribution in [0.25, 0.3) is 0 Å². The zero-order chi connectivity index (χ0) is 41.7. The van der Waals surface area contributed by atoms with Gasteiger partial charge in [-0.3, -0.25) is 24.0 Å². The number of Topliss-reactive ketones (excluding diaryl/α,β-unsaturated/α-hetero) is 2. The minimum absolute atomic E-state index is 0.00356. The fourth-order valence-corrected chi connectivity index (χ4v) is 8.58. The van der Waals surface area contributed by atoms with Gasteiger partial charge in [-0.25, -0.2) is 0 Å². The average Bonchev–Trinajstić information content (AvgIpc) is 3.65. The van der Waals surface area contributed by atoms with Crippen molar-refractivity contribution >= 4 is 29.3 Å². The van der Waals surface area contributed by atoms with E-state index in [0.717, 1.165) is 18.4 Å². The zero-order valence-corrected chi connectivity index (χ0v) is 36.1. The maximum atomic E-state index is 14.4. The summed E-state index contributed by atoms with van der Waals surface area (Å²) in [5.74, 6) is -2.32. The van der Waals surface area contributed by atoms with Crippen molar-refractivity contribution in [3.8, 4) is 0 Å². The third-order valence-corrected chi connectivity index (χ3v) is 12.2. The fraction of sp³-hybridized carbons (Fsp3) is 0.750. The largest absolute Gasteiger partial charge is 0.388 e. The van der Waals surface area contributed by atoms with Crippen molar-refractivity contribution < 1.29 is 38.6 Å². The summed E-state index contributed by atoms with van der Waals surface area (Å²) in [7, 11) is 6.54. The average molecular weight is 772 g/mol. The molecule has 3 amide bonds. The zero-order valence-electron chi connectivity index (χ0n) is 36.1. The van der Waals surface area contributed by atoms with Gasteiger partial charge in [-0.2, -0.15) is 0 Å². The SMILES string of the molecule is CCC(=O)N(C)[C@H](C(=O)C[C@H](C(=O)N(C)C([C@@H](C)CC)[C@@H](CC(=O)N1CCC[C@H]1[C@H](OC)[C@@H](C)C(=O)C[C@H](C)[C@@H](O)c1ccccc1)OC)C(C)C)C(C)C. The normalized spacial score (nSPS) is 19.6. The first-order valence-corrected chi connectivity index (χ1v) is 20.5. The number of ether oxygens (including phenoxy) is 2. The van der Waals surface area contributed by atoms with Gasteiger partial charge in [-0.15, -0.1) is 0 Å². The highest BCUT2D eigenvalue weighted by molar-refractivity contribution is 5.92. The first kappa shape index (κ1) is 48.0. The Labute approximate surface area is 331 Å². The van der Waals surface area contributed by atoms with Crippen molar-refractivity contribution in [3.05, 3.63) is 35.9 Å². The molecular weight excluding hydrogens is 698 g/mol. The molecule has 0 radical (unpaired) electrons. The molecule has 1 aromatic rings. The monoisotopic (exact) mass is 772 g/mol. The van der Waals surface area contributed by atoms with Gasteiger partial charge in [0.05, 0.1) is 42.9 Å². The van der Waals surface area contributed by atoms with Crippen LogP contribution in [0.4, 0.5) is 0 Å². The standard InChI is InChI=1S/C44H73N3O8/c1-14-29(7)41(46(11)44(53)33(27(3)4)25-36(49)40(28(5)6)45(10)38(50)15-2)37(54-12)26-39(51)47-23-19-22-34(47)43(55-13)31(9)35(48)24-30(8)42(52)32-20-17-16-18-21-32/h16-18,20-21,27-31,33-34,37,40-43,52H,14-15,19,22-26H2,1-13H3/t29-,30-,31-,33-,34-,37+,40-,41?,42+,43+/m0/s1. The van der Waals surface area contributed by atoms with Crippen LogP contribution in [-0.4, -0.2) is 114 Å². The second kappa shape index (κ2) is 22.6. The summed E-state index contributed by atoms with van der Waals surface area (Å²) in [5.41, 5.74) is 0.767. The van der Waals surface area contributed by atoms with Crippen LogP contribution in [0.5, 0.6) is 0 Å². The molecular formula is C44H73N3O8. The van der Waals surface area contributed by atoms with E-state index in [0.29, 0.717) is 13.0 Å².